The van der Waals surface area contributed by atoms with Crippen LogP contribution in [0.3, 0.4) is 0 Å². The van der Waals surface area contributed by atoms with Gasteiger partial charge in [0.2, 0.25) is 0 Å². The summed E-state index contributed by atoms with van der Waals surface area (Å²) in [6.07, 6.45) is 3.45. The summed E-state index contributed by atoms with van der Waals surface area (Å²) in [5, 5.41) is 10.6. The number of aromatic nitrogens is 2. The standard InChI is InChI=1S/C12H17ClN4O/c1-17(2)12(6-3-7-12)8-14-11(18)9-4-5-10(13)16-15-9/h4-5H,3,6-8H2,1-2H3,(H,14,18). The normalized spacial score (nSPS) is 17.3. The van der Waals surface area contributed by atoms with Gasteiger partial charge in [-0.1, -0.05) is 11.6 Å². The van der Waals surface area contributed by atoms with E-state index in [0.717, 1.165) is 12.8 Å². The first-order valence-electron chi connectivity index (χ1n) is 5.98. The van der Waals surface area contributed by atoms with Crippen LogP contribution >= 0.6 is 11.6 Å². The Morgan fingerprint density at radius 1 is 1.44 bits per heavy atom. The maximum Gasteiger partial charge on any atom is 0.271 e. The van der Waals surface area contributed by atoms with Crippen molar-refractivity contribution >= 4 is 17.5 Å². The van der Waals surface area contributed by atoms with Crippen LogP contribution in [0.2, 0.25) is 5.15 Å². The molecule has 1 aromatic heterocycles. The van der Waals surface area contributed by atoms with Crippen molar-refractivity contribution in [1.82, 2.24) is 20.4 Å². The van der Waals surface area contributed by atoms with Gasteiger partial charge >= 0.3 is 0 Å². The molecule has 5 nitrogen and oxygen atoms in total. The molecular weight excluding hydrogens is 252 g/mol. The van der Waals surface area contributed by atoms with Crippen molar-refractivity contribution in [2.24, 2.45) is 0 Å². The number of hydrogen-bond donors (Lipinski definition) is 1. The molecule has 6 heteroatoms. The van der Waals surface area contributed by atoms with Crippen LogP contribution in [0.5, 0.6) is 0 Å². The van der Waals surface area contributed by atoms with Gasteiger partial charge in [-0.05, 0) is 45.5 Å². The van der Waals surface area contributed by atoms with E-state index in [-0.39, 0.29) is 16.6 Å². The molecule has 1 aliphatic carbocycles. The van der Waals surface area contributed by atoms with Gasteiger partial charge in [-0.15, -0.1) is 10.2 Å². The van der Waals surface area contributed by atoms with Crippen LogP contribution in [0.15, 0.2) is 12.1 Å². The summed E-state index contributed by atoms with van der Waals surface area (Å²) in [6, 6.07) is 3.14. The fourth-order valence-electron chi connectivity index (χ4n) is 2.14. The number of amides is 1. The molecule has 0 aliphatic heterocycles. The number of hydrogen-bond acceptors (Lipinski definition) is 4. The zero-order chi connectivity index (χ0) is 13.2. The molecule has 1 saturated carbocycles. The molecule has 0 saturated heterocycles. The monoisotopic (exact) mass is 268 g/mol. The van der Waals surface area contributed by atoms with E-state index in [1.165, 1.54) is 6.42 Å². The summed E-state index contributed by atoms with van der Waals surface area (Å²) in [6.45, 7) is 0.642. The van der Waals surface area contributed by atoms with Gasteiger partial charge in [0.05, 0.1) is 0 Å². The molecule has 1 fully saturated rings. The summed E-state index contributed by atoms with van der Waals surface area (Å²) in [5.41, 5.74) is 0.405. The lowest BCUT2D eigenvalue weighted by atomic mass is 9.75. The molecule has 1 heterocycles. The molecule has 0 radical (unpaired) electrons. The highest BCUT2D eigenvalue weighted by Crippen LogP contribution is 2.35. The van der Waals surface area contributed by atoms with Crippen molar-refractivity contribution in [1.29, 1.82) is 0 Å². The Morgan fingerprint density at radius 2 is 2.17 bits per heavy atom. The Bertz CT molecular complexity index is 428. The van der Waals surface area contributed by atoms with Crippen LogP contribution in [-0.2, 0) is 0 Å². The minimum absolute atomic E-state index is 0.107. The molecule has 18 heavy (non-hydrogen) atoms. The van der Waals surface area contributed by atoms with Gasteiger partial charge in [0, 0.05) is 12.1 Å². The highest BCUT2D eigenvalue weighted by atomic mass is 35.5. The van der Waals surface area contributed by atoms with Crippen molar-refractivity contribution < 1.29 is 4.79 Å². The van der Waals surface area contributed by atoms with E-state index >= 15 is 0 Å². The summed E-state index contributed by atoms with van der Waals surface area (Å²) < 4.78 is 0. The molecule has 1 amide bonds. The average Bonchev–Trinajstić information content (AvgIpc) is 2.27. The van der Waals surface area contributed by atoms with E-state index in [9.17, 15) is 4.79 Å². The number of carbonyl (C=O) groups is 1. The van der Waals surface area contributed by atoms with E-state index in [4.69, 9.17) is 11.6 Å². The molecule has 1 N–H and O–H groups in total. The Labute approximate surface area is 112 Å². The van der Waals surface area contributed by atoms with Crippen LogP contribution in [0.4, 0.5) is 0 Å². The van der Waals surface area contributed by atoms with Gasteiger partial charge in [-0.25, -0.2) is 0 Å². The number of nitrogens with zero attached hydrogens (tertiary/aromatic N) is 3. The largest absolute Gasteiger partial charge is 0.349 e. The highest BCUT2D eigenvalue weighted by molar-refractivity contribution is 6.29. The van der Waals surface area contributed by atoms with E-state index in [2.05, 4.69) is 20.4 Å². The number of rotatable bonds is 4. The molecule has 0 spiro atoms. The fourth-order valence-corrected chi connectivity index (χ4v) is 2.24. The predicted molar refractivity (Wildman–Crippen MR) is 69.6 cm³/mol. The van der Waals surface area contributed by atoms with E-state index in [1.807, 2.05) is 14.1 Å². The van der Waals surface area contributed by atoms with Gasteiger partial charge in [0.1, 0.15) is 0 Å². The molecule has 2 rings (SSSR count). The minimum atomic E-state index is -0.202. The first-order chi connectivity index (χ1) is 8.53. The quantitative estimate of drug-likeness (QED) is 0.895. The van der Waals surface area contributed by atoms with Gasteiger partial charge in [0.25, 0.3) is 5.91 Å². The molecule has 0 atom stereocenters. The molecule has 1 aromatic rings. The molecule has 0 aromatic carbocycles. The number of halogens is 1. The van der Waals surface area contributed by atoms with Crippen molar-refractivity contribution in [2.75, 3.05) is 20.6 Å². The summed E-state index contributed by atoms with van der Waals surface area (Å²) >= 11 is 5.63. The summed E-state index contributed by atoms with van der Waals surface area (Å²) in [4.78, 5) is 14.1. The SMILES string of the molecule is CN(C)C1(CNC(=O)c2ccc(Cl)nn2)CCC1. The zero-order valence-electron chi connectivity index (χ0n) is 10.6. The topological polar surface area (TPSA) is 58.1 Å². The fraction of sp³-hybridized carbons (Fsp3) is 0.583. The molecule has 0 bridgehead atoms. The second kappa shape index (κ2) is 5.20. The molecule has 98 valence electrons. The number of likely N-dealkylation sites (N-methyl/N-ethyl adjacent to an activating group) is 1. The predicted octanol–water partition coefficient (Wildman–Crippen LogP) is 1.34. The van der Waals surface area contributed by atoms with Gasteiger partial charge < -0.3 is 10.2 Å². The third kappa shape index (κ3) is 2.62. The van der Waals surface area contributed by atoms with Gasteiger partial charge in [-0.2, -0.15) is 0 Å². The van der Waals surface area contributed by atoms with Crippen molar-refractivity contribution in [2.45, 2.75) is 24.8 Å². The maximum absolute atomic E-state index is 11.9. The van der Waals surface area contributed by atoms with E-state index in [0.29, 0.717) is 12.2 Å². The summed E-state index contributed by atoms with van der Waals surface area (Å²) in [5.74, 6) is -0.202. The lowest BCUT2D eigenvalue weighted by Gasteiger charge is -2.47. The second-order valence-corrected chi connectivity index (χ2v) is 5.28. The van der Waals surface area contributed by atoms with Crippen molar-refractivity contribution in [3.8, 4) is 0 Å². The van der Waals surface area contributed by atoms with Gasteiger partial charge in [-0.3, -0.25) is 4.79 Å². The van der Waals surface area contributed by atoms with Crippen molar-refractivity contribution in [3.05, 3.63) is 23.0 Å². The number of nitrogens with one attached hydrogen (secondary N) is 1. The Hall–Kier alpha value is -1.20. The minimum Gasteiger partial charge on any atom is -0.349 e. The molecule has 0 unspecified atom stereocenters. The van der Waals surface area contributed by atoms with Crippen LogP contribution in [0.1, 0.15) is 29.8 Å². The van der Waals surface area contributed by atoms with E-state index < -0.39 is 0 Å². The second-order valence-electron chi connectivity index (χ2n) is 4.90. The maximum atomic E-state index is 11.9. The zero-order valence-corrected chi connectivity index (χ0v) is 11.4. The highest BCUT2D eigenvalue weighted by Gasteiger charge is 2.39. The average molecular weight is 269 g/mol. The first-order valence-corrected chi connectivity index (χ1v) is 6.36. The van der Waals surface area contributed by atoms with E-state index in [1.54, 1.807) is 12.1 Å². The number of carbonyl (C=O) groups excluding carboxylic acids is 1. The van der Waals surface area contributed by atoms with Crippen molar-refractivity contribution in [3.63, 3.8) is 0 Å². The van der Waals surface area contributed by atoms with Crippen LogP contribution in [0.25, 0.3) is 0 Å². The third-order valence-electron chi connectivity index (χ3n) is 3.68. The molecule has 1 aliphatic rings. The Kier molecular flexibility index (Phi) is 3.82. The van der Waals surface area contributed by atoms with Gasteiger partial charge in [0.15, 0.2) is 10.8 Å². The summed E-state index contributed by atoms with van der Waals surface area (Å²) in [7, 11) is 4.10. The van der Waals surface area contributed by atoms with Crippen LogP contribution in [-0.4, -0.2) is 47.2 Å². The first kappa shape index (κ1) is 13.2. The van der Waals surface area contributed by atoms with Crippen LogP contribution in [0, 0.1) is 0 Å². The third-order valence-corrected chi connectivity index (χ3v) is 3.88. The van der Waals surface area contributed by atoms with Crippen LogP contribution < -0.4 is 5.32 Å². The Morgan fingerprint density at radius 3 is 2.61 bits per heavy atom. The smallest absolute Gasteiger partial charge is 0.271 e. The lowest BCUT2D eigenvalue weighted by molar-refractivity contribution is 0.0556. The Balaban J connectivity index is 1.94. The lowest BCUT2D eigenvalue weighted by Crippen LogP contribution is -2.57. The molecular formula is C12H17ClN4O.